The number of carbonyl (C=O) groups is 4. The van der Waals surface area contributed by atoms with Crippen molar-refractivity contribution in [2.45, 2.75) is 63.6 Å². The Hall–Kier alpha value is -2.62. The number of imide groups is 2. The van der Waals surface area contributed by atoms with Gasteiger partial charge in [-0.25, -0.2) is 9.59 Å². The Morgan fingerprint density at radius 3 is 2.06 bits per heavy atom. The van der Waals surface area contributed by atoms with Gasteiger partial charge in [0.1, 0.15) is 42.3 Å². The normalized spacial score (nSPS) is 45.0. The van der Waals surface area contributed by atoms with Crippen molar-refractivity contribution in [3.63, 3.8) is 0 Å². The third-order valence-corrected chi connectivity index (χ3v) is 8.23. The summed E-state index contributed by atoms with van der Waals surface area (Å²) in [5.74, 6) is -1.38. The van der Waals surface area contributed by atoms with Crippen molar-refractivity contribution in [3.8, 4) is 0 Å². The Morgan fingerprint density at radius 1 is 0.914 bits per heavy atom. The molecule has 4 fully saturated rings. The van der Waals surface area contributed by atoms with Crippen LogP contribution in [0.4, 0.5) is 9.59 Å². The summed E-state index contributed by atoms with van der Waals surface area (Å²) in [6.07, 6.45) is -4.95. The maximum atomic E-state index is 13.2. The van der Waals surface area contributed by atoms with Gasteiger partial charge < -0.3 is 29.2 Å². The minimum absolute atomic E-state index is 0.0232. The Labute approximate surface area is 199 Å². The van der Waals surface area contributed by atoms with Crippen LogP contribution in [-0.4, -0.2) is 101 Å². The molecule has 35 heavy (non-hydrogen) atoms. The highest BCUT2D eigenvalue weighted by atomic mass is 16.7. The molecule has 190 valence electrons. The summed E-state index contributed by atoms with van der Waals surface area (Å²) in [6, 6.07) is -1.57. The quantitative estimate of drug-likeness (QED) is 0.328. The lowest BCUT2D eigenvalue weighted by Gasteiger charge is -2.63. The van der Waals surface area contributed by atoms with Gasteiger partial charge in [-0.1, -0.05) is 0 Å². The number of aliphatic hydroxyl groups excluding tert-OH is 2. The molecule has 6 rings (SSSR count). The highest BCUT2D eigenvalue weighted by Gasteiger charge is 2.76. The first-order valence-electron chi connectivity index (χ1n) is 11.5. The molecule has 6 amide bonds. The van der Waals surface area contributed by atoms with Crippen LogP contribution in [0.3, 0.4) is 0 Å². The first-order valence-corrected chi connectivity index (χ1v) is 11.5. The van der Waals surface area contributed by atoms with Gasteiger partial charge >= 0.3 is 12.1 Å². The van der Waals surface area contributed by atoms with Gasteiger partial charge in [0.2, 0.25) is 11.8 Å². The van der Waals surface area contributed by atoms with Gasteiger partial charge in [-0.15, -0.1) is 0 Å². The molecule has 0 spiro atoms. The van der Waals surface area contributed by atoms with Gasteiger partial charge in [0.15, 0.2) is 0 Å². The smallest absolute Gasteiger partial charge is 0.330 e. The largest absolute Gasteiger partial charge is 0.394 e. The highest BCUT2D eigenvalue weighted by molar-refractivity contribution is 6.14. The molecule has 0 aromatic heterocycles. The number of nitrogens with zero attached hydrogens (tertiary/aromatic N) is 2. The molecule has 14 heteroatoms. The number of hydrogen-bond donors (Lipinski definition) is 4. The fraction of sp³-hybridized carbons (Fsp3) is 0.714. The molecule has 4 saturated heterocycles. The van der Waals surface area contributed by atoms with E-state index in [0.717, 1.165) is 0 Å². The fourth-order valence-electron chi connectivity index (χ4n) is 6.10. The van der Waals surface area contributed by atoms with Crippen molar-refractivity contribution in [3.05, 3.63) is 11.4 Å². The van der Waals surface area contributed by atoms with Gasteiger partial charge in [-0.2, -0.15) is 0 Å². The molecule has 2 unspecified atom stereocenters. The highest BCUT2D eigenvalue weighted by Crippen LogP contribution is 2.66. The van der Waals surface area contributed by atoms with Crippen LogP contribution < -0.4 is 10.6 Å². The summed E-state index contributed by atoms with van der Waals surface area (Å²) in [5.41, 5.74) is -2.76. The number of rotatable bonds is 1. The third kappa shape index (κ3) is 2.74. The lowest BCUT2D eigenvalue weighted by Crippen LogP contribution is -2.78. The number of carbonyl (C=O) groups excluding carboxylic acids is 4. The van der Waals surface area contributed by atoms with E-state index in [4.69, 9.17) is 18.9 Å². The van der Waals surface area contributed by atoms with Gasteiger partial charge in [0.25, 0.3) is 0 Å². The minimum Gasteiger partial charge on any atom is -0.394 e. The molecule has 6 aliphatic rings. The second-order valence-corrected chi connectivity index (χ2v) is 9.88. The second kappa shape index (κ2) is 7.44. The lowest BCUT2D eigenvalue weighted by molar-refractivity contribution is -0.163. The summed E-state index contributed by atoms with van der Waals surface area (Å²) in [6.45, 7) is 2.46. The second-order valence-electron chi connectivity index (χ2n) is 9.88. The van der Waals surface area contributed by atoms with Crippen LogP contribution in [0.5, 0.6) is 0 Å². The Balaban J connectivity index is 1.55. The van der Waals surface area contributed by atoms with Crippen LogP contribution in [0.1, 0.15) is 26.7 Å². The standard InChI is InChI=1S/C21H26N4O10/c1-20-14-15-21(20,2)17(29)23-19(31)25(15)13-4-9(10(5-26)34-13)33-7-32-6-11-8(27)3-12(35-11)24(14)18(30)22-16(20)28/h8-13,26-27H,3-7H2,1-2H3,(H,22,28,30)(H,23,29,31)/t8-,9-,10+,11+,12?,13?,20-,21+/m0/s1. The Bertz CT molecular complexity index is 1060. The van der Waals surface area contributed by atoms with Crippen molar-refractivity contribution < 1.29 is 48.3 Å². The Morgan fingerprint density at radius 2 is 1.49 bits per heavy atom. The number of urea groups is 2. The van der Waals surface area contributed by atoms with E-state index in [0.29, 0.717) is 0 Å². The van der Waals surface area contributed by atoms with E-state index in [-0.39, 0.29) is 37.6 Å². The molecule has 5 aliphatic heterocycles. The van der Waals surface area contributed by atoms with Crippen molar-refractivity contribution in [2.75, 3.05) is 20.0 Å². The molecule has 4 N–H and O–H groups in total. The van der Waals surface area contributed by atoms with Crippen LogP contribution >= 0.6 is 0 Å². The van der Waals surface area contributed by atoms with E-state index in [9.17, 15) is 29.4 Å². The van der Waals surface area contributed by atoms with Gasteiger partial charge in [0.05, 0.1) is 36.8 Å². The number of fused-ring (bicyclic) bond motifs is 7. The summed E-state index contributed by atoms with van der Waals surface area (Å²) in [5, 5.41) is 25.0. The van der Waals surface area contributed by atoms with Gasteiger partial charge in [0, 0.05) is 12.8 Å². The summed E-state index contributed by atoms with van der Waals surface area (Å²) >= 11 is 0. The van der Waals surface area contributed by atoms with Gasteiger partial charge in [-0.05, 0) is 13.8 Å². The molecule has 0 saturated carbocycles. The predicted molar refractivity (Wildman–Crippen MR) is 109 cm³/mol. The third-order valence-electron chi connectivity index (χ3n) is 8.23. The molecular formula is C21H26N4O10. The maximum Gasteiger partial charge on any atom is 0.330 e. The van der Waals surface area contributed by atoms with Gasteiger partial charge in [-0.3, -0.25) is 30.0 Å². The predicted octanol–water partition coefficient (Wildman–Crippen LogP) is -1.72. The van der Waals surface area contributed by atoms with Crippen LogP contribution in [0, 0.1) is 10.8 Å². The van der Waals surface area contributed by atoms with Crippen LogP contribution in [0.15, 0.2) is 11.4 Å². The monoisotopic (exact) mass is 494 g/mol. The van der Waals surface area contributed by atoms with Crippen LogP contribution in [-0.2, 0) is 28.5 Å². The molecule has 0 aromatic carbocycles. The number of hydrogen-bond acceptors (Lipinski definition) is 10. The average Bonchev–Trinajstić information content (AvgIpc) is 3.38. The zero-order chi connectivity index (χ0) is 24.9. The number of nitrogens with one attached hydrogen (secondary N) is 2. The molecule has 8 atom stereocenters. The topological polar surface area (TPSA) is 176 Å². The van der Waals surface area contributed by atoms with E-state index in [1.807, 2.05) is 0 Å². The van der Waals surface area contributed by atoms with E-state index >= 15 is 0 Å². The summed E-state index contributed by atoms with van der Waals surface area (Å²) < 4.78 is 23.1. The summed E-state index contributed by atoms with van der Waals surface area (Å²) in [4.78, 5) is 55.1. The fourth-order valence-corrected chi connectivity index (χ4v) is 6.10. The molecule has 1 aliphatic carbocycles. The Kier molecular flexibility index (Phi) is 4.85. The molecule has 0 aromatic rings. The first kappa shape index (κ1) is 22.8. The first-order chi connectivity index (χ1) is 16.6. The summed E-state index contributed by atoms with van der Waals surface area (Å²) in [7, 11) is 0. The van der Waals surface area contributed by atoms with Crippen molar-refractivity contribution >= 4 is 23.9 Å². The van der Waals surface area contributed by atoms with Crippen molar-refractivity contribution in [1.29, 1.82) is 0 Å². The molecular weight excluding hydrogens is 468 g/mol. The molecule has 5 heterocycles. The van der Waals surface area contributed by atoms with Crippen molar-refractivity contribution in [2.24, 2.45) is 10.8 Å². The van der Waals surface area contributed by atoms with Crippen molar-refractivity contribution in [1.82, 2.24) is 20.4 Å². The average molecular weight is 494 g/mol. The van der Waals surface area contributed by atoms with E-state index < -0.39 is 78.2 Å². The van der Waals surface area contributed by atoms with Crippen LogP contribution in [0.25, 0.3) is 0 Å². The lowest BCUT2D eigenvalue weighted by atomic mass is 9.49. The number of ether oxygens (including phenoxy) is 4. The van der Waals surface area contributed by atoms with E-state index in [1.54, 1.807) is 0 Å². The number of aliphatic hydroxyl groups is 2. The van der Waals surface area contributed by atoms with E-state index in [1.165, 1.54) is 23.6 Å². The minimum atomic E-state index is -1.52. The van der Waals surface area contributed by atoms with E-state index in [2.05, 4.69) is 10.6 Å². The maximum absolute atomic E-state index is 13.2. The molecule has 4 bridgehead atoms. The molecule has 14 nitrogen and oxygen atoms in total. The number of amides is 6. The zero-order valence-electron chi connectivity index (χ0n) is 19.1. The zero-order valence-corrected chi connectivity index (χ0v) is 19.1. The van der Waals surface area contributed by atoms with Crippen LogP contribution in [0.2, 0.25) is 0 Å². The SMILES string of the molecule is C[C@]12C(=O)NC(=O)N3C1=C1N(C(=O)NC(=O)[C@]12C)C1C[C@H](O)[C@@H](COCO[C@H]2CC3O[C@@H]2CO)O1. The molecule has 0 radical (unpaired) electrons.